The first-order valence-corrected chi connectivity index (χ1v) is 12.5. The minimum absolute atomic E-state index is 0.531. The first-order valence-electron chi connectivity index (χ1n) is 12.5. The number of rotatable bonds is 19. The molecule has 158 valence electrons. The second-order valence-corrected chi connectivity index (χ2v) is 10.1. The monoisotopic (exact) mass is 366 g/mol. The Kier molecular flexibility index (Phi) is 18.4. The van der Waals surface area contributed by atoms with E-state index in [1.165, 1.54) is 122 Å². The van der Waals surface area contributed by atoms with Gasteiger partial charge in [0, 0.05) is 0 Å². The smallest absolute Gasteiger partial charge is 0.0383 e. The SMILES string of the molecule is CCCCCCCCCCC(CCC)CCCCCCCCC(C)(C)C. The first kappa shape index (κ1) is 26.0. The fourth-order valence-corrected chi connectivity index (χ4v) is 4.20. The van der Waals surface area contributed by atoms with Crippen molar-refractivity contribution in [2.24, 2.45) is 11.3 Å². The maximum atomic E-state index is 2.37. The molecule has 0 heteroatoms. The molecular weight excluding hydrogens is 312 g/mol. The standard InChI is InChI=1S/C26H54/c1-6-8-9-10-11-12-15-18-22-25(21-7-2)23-19-16-13-14-17-20-24-26(3,4)5/h25H,6-24H2,1-5H3. The van der Waals surface area contributed by atoms with Gasteiger partial charge in [0.2, 0.25) is 0 Å². The summed E-state index contributed by atoms with van der Waals surface area (Å²) in [6.45, 7) is 11.8. The molecule has 0 N–H and O–H groups in total. The molecule has 0 spiro atoms. The van der Waals surface area contributed by atoms with Crippen molar-refractivity contribution in [1.82, 2.24) is 0 Å². The second kappa shape index (κ2) is 18.4. The van der Waals surface area contributed by atoms with E-state index in [4.69, 9.17) is 0 Å². The Morgan fingerprint density at radius 3 is 1.31 bits per heavy atom. The van der Waals surface area contributed by atoms with Crippen LogP contribution in [0.2, 0.25) is 0 Å². The summed E-state index contributed by atoms with van der Waals surface area (Å²) in [6, 6.07) is 0. The molecule has 0 bridgehead atoms. The van der Waals surface area contributed by atoms with Crippen LogP contribution in [0.3, 0.4) is 0 Å². The summed E-state index contributed by atoms with van der Waals surface area (Å²) in [5.41, 5.74) is 0.531. The van der Waals surface area contributed by atoms with Crippen molar-refractivity contribution in [2.75, 3.05) is 0 Å². The van der Waals surface area contributed by atoms with Gasteiger partial charge in [-0.05, 0) is 17.8 Å². The van der Waals surface area contributed by atoms with Crippen molar-refractivity contribution >= 4 is 0 Å². The van der Waals surface area contributed by atoms with Crippen LogP contribution in [0.15, 0.2) is 0 Å². The highest BCUT2D eigenvalue weighted by molar-refractivity contribution is 4.62. The number of hydrogen-bond donors (Lipinski definition) is 0. The molecule has 0 amide bonds. The lowest BCUT2D eigenvalue weighted by Crippen LogP contribution is -2.03. The van der Waals surface area contributed by atoms with Gasteiger partial charge >= 0.3 is 0 Å². The van der Waals surface area contributed by atoms with Gasteiger partial charge in [-0.3, -0.25) is 0 Å². The third-order valence-electron chi connectivity index (χ3n) is 5.95. The molecule has 0 aromatic rings. The Labute approximate surface area is 168 Å². The number of unbranched alkanes of at least 4 members (excludes halogenated alkanes) is 12. The summed E-state index contributed by atoms with van der Waals surface area (Å²) >= 11 is 0. The summed E-state index contributed by atoms with van der Waals surface area (Å²) in [4.78, 5) is 0. The molecule has 1 atom stereocenters. The third kappa shape index (κ3) is 20.3. The van der Waals surface area contributed by atoms with E-state index in [-0.39, 0.29) is 0 Å². The molecule has 0 rings (SSSR count). The fraction of sp³-hybridized carbons (Fsp3) is 1.00. The van der Waals surface area contributed by atoms with Crippen molar-refractivity contribution in [2.45, 2.75) is 157 Å². The molecule has 0 nitrogen and oxygen atoms in total. The molecule has 0 aliphatic heterocycles. The predicted octanol–water partition coefficient (Wildman–Crippen LogP) is 10.1. The minimum Gasteiger partial charge on any atom is -0.0654 e. The highest BCUT2D eigenvalue weighted by atomic mass is 14.2. The maximum Gasteiger partial charge on any atom is -0.0383 e. The van der Waals surface area contributed by atoms with Gasteiger partial charge in [0.1, 0.15) is 0 Å². The van der Waals surface area contributed by atoms with E-state index < -0.39 is 0 Å². The summed E-state index contributed by atoms with van der Waals surface area (Å²) in [6.07, 6.45) is 27.7. The fourth-order valence-electron chi connectivity index (χ4n) is 4.20. The molecule has 26 heavy (non-hydrogen) atoms. The van der Waals surface area contributed by atoms with E-state index in [0.717, 1.165) is 5.92 Å². The Balaban J connectivity index is 3.49. The quantitative estimate of drug-likeness (QED) is 0.199. The van der Waals surface area contributed by atoms with E-state index in [2.05, 4.69) is 34.6 Å². The van der Waals surface area contributed by atoms with Gasteiger partial charge in [-0.2, -0.15) is 0 Å². The minimum atomic E-state index is 0.531. The van der Waals surface area contributed by atoms with E-state index >= 15 is 0 Å². The molecule has 0 saturated heterocycles. The van der Waals surface area contributed by atoms with E-state index in [1.54, 1.807) is 0 Å². The Morgan fingerprint density at radius 1 is 0.462 bits per heavy atom. The zero-order chi connectivity index (χ0) is 19.5. The van der Waals surface area contributed by atoms with Gasteiger partial charge in [-0.25, -0.2) is 0 Å². The lowest BCUT2D eigenvalue weighted by Gasteiger charge is -2.17. The van der Waals surface area contributed by atoms with Crippen molar-refractivity contribution < 1.29 is 0 Å². The molecule has 1 unspecified atom stereocenters. The van der Waals surface area contributed by atoms with Crippen molar-refractivity contribution in [3.63, 3.8) is 0 Å². The van der Waals surface area contributed by atoms with E-state index in [0.29, 0.717) is 5.41 Å². The largest absolute Gasteiger partial charge is 0.0654 e. The molecule has 0 aromatic carbocycles. The normalized spacial score (nSPS) is 13.3. The molecule has 0 saturated carbocycles. The topological polar surface area (TPSA) is 0 Å². The first-order chi connectivity index (χ1) is 12.5. The highest BCUT2D eigenvalue weighted by Gasteiger charge is 2.09. The molecule has 0 aliphatic carbocycles. The zero-order valence-corrected chi connectivity index (χ0v) is 19.5. The molecule has 0 aromatic heterocycles. The summed E-state index contributed by atoms with van der Waals surface area (Å²) in [7, 11) is 0. The van der Waals surface area contributed by atoms with E-state index in [9.17, 15) is 0 Å². The van der Waals surface area contributed by atoms with Gasteiger partial charge in [-0.15, -0.1) is 0 Å². The maximum absolute atomic E-state index is 2.37. The third-order valence-corrected chi connectivity index (χ3v) is 5.95. The van der Waals surface area contributed by atoms with Crippen LogP contribution in [0, 0.1) is 11.3 Å². The molecular formula is C26H54. The van der Waals surface area contributed by atoms with Crippen molar-refractivity contribution in [3.05, 3.63) is 0 Å². The Morgan fingerprint density at radius 2 is 0.885 bits per heavy atom. The van der Waals surface area contributed by atoms with Gasteiger partial charge in [-0.1, -0.05) is 150 Å². The lowest BCUT2D eigenvalue weighted by atomic mass is 9.89. The zero-order valence-electron chi connectivity index (χ0n) is 19.5. The second-order valence-electron chi connectivity index (χ2n) is 10.1. The summed E-state index contributed by atoms with van der Waals surface area (Å²) in [5, 5.41) is 0. The molecule has 0 aliphatic rings. The molecule has 0 heterocycles. The van der Waals surface area contributed by atoms with Crippen LogP contribution < -0.4 is 0 Å². The average molecular weight is 367 g/mol. The van der Waals surface area contributed by atoms with Gasteiger partial charge in [0.15, 0.2) is 0 Å². The van der Waals surface area contributed by atoms with E-state index in [1.807, 2.05) is 0 Å². The Hall–Kier alpha value is 0. The van der Waals surface area contributed by atoms with Crippen LogP contribution in [0.25, 0.3) is 0 Å². The van der Waals surface area contributed by atoms with Crippen LogP contribution in [0.5, 0.6) is 0 Å². The van der Waals surface area contributed by atoms with Crippen molar-refractivity contribution in [1.29, 1.82) is 0 Å². The van der Waals surface area contributed by atoms with Gasteiger partial charge in [0.25, 0.3) is 0 Å². The van der Waals surface area contributed by atoms with Crippen LogP contribution in [0.4, 0.5) is 0 Å². The van der Waals surface area contributed by atoms with Crippen LogP contribution in [-0.2, 0) is 0 Å². The Bertz CT molecular complexity index is 260. The highest BCUT2D eigenvalue weighted by Crippen LogP contribution is 2.24. The molecule has 0 radical (unpaired) electrons. The summed E-state index contributed by atoms with van der Waals surface area (Å²) < 4.78 is 0. The lowest BCUT2D eigenvalue weighted by molar-refractivity contribution is 0.353. The van der Waals surface area contributed by atoms with Crippen LogP contribution in [0.1, 0.15) is 157 Å². The predicted molar refractivity (Wildman–Crippen MR) is 122 cm³/mol. The molecule has 0 fully saturated rings. The van der Waals surface area contributed by atoms with Crippen LogP contribution >= 0.6 is 0 Å². The average Bonchev–Trinajstić information content (AvgIpc) is 2.58. The summed E-state index contributed by atoms with van der Waals surface area (Å²) in [5.74, 6) is 1.03. The van der Waals surface area contributed by atoms with Gasteiger partial charge < -0.3 is 0 Å². The van der Waals surface area contributed by atoms with Gasteiger partial charge in [0.05, 0.1) is 0 Å². The number of hydrogen-bond acceptors (Lipinski definition) is 0. The van der Waals surface area contributed by atoms with Crippen LogP contribution in [-0.4, -0.2) is 0 Å². The van der Waals surface area contributed by atoms with Crippen molar-refractivity contribution in [3.8, 4) is 0 Å².